The highest BCUT2D eigenvalue weighted by molar-refractivity contribution is 6.29. The molecule has 13 nitrogen and oxygen atoms in total. The van der Waals surface area contributed by atoms with Crippen LogP contribution in [-0.4, -0.2) is 89.8 Å². The third kappa shape index (κ3) is 5.84. The SMILES string of the molecule is Cn1c2c(c3c1-c1cc(-c4cccnc4)ncc1CC3)C(=O)NC1(CNC1)C2.Cn1c2c(c3c1-c1cc(Cl)ncc1CC3)C(=O)NC1(C2)CN(C(=O)OC(C)(C)C)C1. The van der Waals surface area contributed by atoms with Crippen molar-refractivity contribution in [3.05, 3.63) is 99.0 Å². The fraction of sp³-hybridized carbons (Fsp3) is 0.409. The van der Waals surface area contributed by atoms with Crippen molar-refractivity contribution in [3.8, 4) is 33.8 Å². The third-order valence-electron chi connectivity index (χ3n) is 12.7. The summed E-state index contributed by atoms with van der Waals surface area (Å²) in [4.78, 5) is 53.3. The van der Waals surface area contributed by atoms with Crippen molar-refractivity contribution in [2.45, 2.75) is 76.0 Å². The van der Waals surface area contributed by atoms with Gasteiger partial charge in [-0.3, -0.25) is 19.6 Å². The number of carbonyl (C=O) groups excluding carboxylic acids is 3. The highest BCUT2D eigenvalue weighted by Crippen LogP contribution is 2.44. The molecule has 2 fully saturated rings. The molecule has 2 aliphatic carbocycles. The predicted octanol–water partition coefficient (Wildman–Crippen LogP) is 4.99. The quantitative estimate of drug-likeness (QED) is 0.201. The van der Waals surface area contributed by atoms with E-state index >= 15 is 0 Å². The van der Waals surface area contributed by atoms with Crippen LogP contribution in [0, 0.1) is 0 Å². The summed E-state index contributed by atoms with van der Waals surface area (Å²) in [6.45, 7) is 8.15. The van der Waals surface area contributed by atoms with E-state index in [-0.39, 0.29) is 23.4 Å². The molecule has 14 heteroatoms. The number of hydrogen-bond acceptors (Lipinski definition) is 8. The van der Waals surface area contributed by atoms with Crippen LogP contribution in [0.15, 0.2) is 49.1 Å². The van der Waals surface area contributed by atoms with Crippen molar-refractivity contribution >= 4 is 29.5 Å². The van der Waals surface area contributed by atoms with Gasteiger partial charge in [0.1, 0.15) is 10.8 Å². The Morgan fingerprint density at radius 2 is 1.40 bits per heavy atom. The number of aromatic nitrogens is 5. The van der Waals surface area contributed by atoms with Gasteiger partial charge in [0.2, 0.25) is 0 Å². The van der Waals surface area contributed by atoms with Crippen LogP contribution in [-0.2, 0) is 57.4 Å². The number of fused-ring (bicyclic) bond motifs is 10. The van der Waals surface area contributed by atoms with Gasteiger partial charge in [-0.25, -0.2) is 9.78 Å². The summed E-state index contributed by atoms with van der Waals surface area (Å²) in [7, 11) is 4.12. The highest BCUT2D eigenvalue weighted by atomic mass is 35.5. The molecule has 0 aromatic carbocycles. The fourth-order valence-corrected chi connectivity index (χ4v) is 10.2. The van der Waals surface area contributed by atoms with Gasteiger partial charge in [-0.15, -0.1) is 0 Å². The Morgan fingerprint density at radius 1 is 0.810 bits per heavy atom. The zero-order chi connectivity index (χ0) is 40.3. The van der Waals surface area contributed by atoms with Crippen molar-refractivity contribution in [1.82, 2.24) is 44.9 Å². The van der Waals surface area contributed by atoms with Gasteiger partial charge in [-0.2, -0.15) is 0 Å². The summed E-state index contributed by atoms with van der Waals surface area (Å²) in [6, 6.07) is 8.01. The van der Waals surface area contributed by atoms with E-state index in [2.05, 4.69) is 53.2 Å². The van der Waals surface area contributed by atoms with Crippen LogP contribution < -0.4 is 16.0 Å². The Labute approximate surface area is 341 Å². The average Bonchev–Trinajstić information content (AvgIpc) is 3.63. The number of nitrogens with one attached hydrogen (secondary N) is 3. The zero-order valence-corrected chi connectivity index (χ0v) is 34.1. The molecule has 6 aliphatic rings. The minimum absolute atomic E-state index is 0.0551. The van der Waals surface area contributed by atoms with Gasteiger partial charge in [-0.1, -0.05) is 11.6 Å². The van der Waals surface area contributed by atoms with Crippen molar-refractivity contribution in [3.63, 3.8) is 0 Å². The van der Waals surface area contributed by atoms with E-state index in [0.29, 0.717) is 24.7 Å². The number of hydrogen-bond donors (Lipinski definition) is 3. The Hall–Kier alpha value is -5.53. The van der Waals surface area contributed by atoms with Crippen molar-refractivity contribution in [1.29, 1.82) is 0 Å². The second kappa shape index (κ2) is 13.0. The number of halogens is 1. The van der Waals surface area contributed by atoms with Crippen molar-refractivity contribution in [2.24, 2.45) is 14.1 Å². The van der Waals surface area contributed by atoms with Crippen LogP contribution in [0.3, 0.4) is 0 Å². The lowest BCUT2D eigenvalue weighted by molar-refractivity contribution is -0.0170. The first-order chi connectivity index (χ1) is 27.7. The Bertz CT molecular complexity index is 2580. The summed E-state index contributed by atoms with van der Waals surface area (Å²) in [5.41, 5.74) is 13.9. The van der Waals surface area contributed by atoms with E-state index in [0.717, 1.165) is 95.7 Å². The van der Waals surface area contributed by atoms with Gasteiger partial charge in [0.05, 0.1) is 39.3 Å². The van der Waals surface area contributed by atoms with Crippen molar-refractivity contribution < 1.29 is 19.1 Å². The number of pyridine rings is 3. The second-order valence-electron chi connectivity index (χ2n) is 17.8. The predicted molar refractivity (Wildman–Crippen MR) is 219 cm³/mol. The van der Waals surface area contributed by atoms with E-state index in [1.807, 2.05) is 64.6 Å². The molecule has 2 saturated heterocycles. The van der Waals surface area contributed by atoms with Gasteiger partial charge >= 0.3 is 6.09 Å². The first-order valence-electron chi connectivity index (χ1n) is 20.0. The van der Waals surface area contributed by atoms with E-state index in [4.69, 9.17) is 16.3 Å². The lowest BCUT2D eigenvalue weighted by Gasteiger charge is -2.51. The van der Waals surface area contributed by atoms with Crippen LogP contribution >= 0.6 is 11.6 Å². The summed E-state index contributed by atoms with van der Waals surface area (Å²) < 4.78 is 9.86. The number of amides is 3. The van der Waals surface area contributed by atoms with E-state index in [1.165, 1.54) is 28.1 Å². The lowest BCUT2D eigenvalue weighted by Crippen LogP contribution is -2.74. The monoisotopic (exact) mass is 799 g/mol. The molecule has 9 heterocycles. The molecule has 5 aromatic heterocycles. The highest BCUT2D eigenvalue weighted by Gasteiger charge is 2.52. The molecular weight excluding hydrogens is 754 g/mol. The zero-order valence-electron chi connectivity index (χ0n) is 33.4. The Morgan fingerprint density at radius 3 is 1.97 bits per heavy atom. The molecule has 0 atom stereocenters. The Kier molecular flexibility index (Phi) is 8.24. The van der Waals surface area contributed by atoms with E-state index < -0.39 is 11.1 Å². The van der Waals surface area contributed by atoms with Gasteiger partial charge in [-0.05, 0) is 93.0 Å². The van der Waals surface area contributed by atoms with Crippen molar-refractivity contribution in [2.75, 3.05) is 26.2 Å². The Balaban J connectivity index is 0.000000141. The molecule has 298 valence electrons. The van der Waals surface area contributed by atoms with Gasteiger partial charge in [0, 0.05) is 106 Å². The third-order valence-corrected chi connectivity index (χ3v) is 12.9. The molecule has 11 rings (SSSR count). The first kappa shape index (κ1) is 36.8. The summed E-state index contributed by atoms with van der Waals surface area (Å²) in [5.74, 6) is 0.0325. The average molecular weight is 800 g/mol. The van der Waals surface area contributed by atoms with Crippen LogP contribution in [0.5, 0.6) is 0 Å². The first-order valence-corrected chi connectivity index (χ1v) is 20.4. The molecule has 2 spiro atoms. The molecule has 58 heavy (non-hydrogen) atoms. The minimum atomic E-state index is -0.538. The normalized spacial score (nSPS) is 18.8. The van der Waals surface area contributed by atoms with Gasteiger partial charge in [0.25, 0.3) is 11.8 Å². The standard InChI is InChI=1S/C22H25ClN4O3.C22H21N5O/c1-21(2,3)30-20(29)27-10-22(11-27)8-15-17(19(28)25-22)13-6-5-12-9-24-16(23)7-14(12)18(13)26(15)4;1-27-18-8-22(11-24-12-22)26-21(28)19(18)15-5-4-13-10-25-17(7-16(13)20(15)27)14-3-2-6-23-9-14/h7,9H,5-6,8,10-11H2,1-4H3,(H,25,28);2-3,6-7,9-10,24H,4-5,8,11-12H2,1H3,(H,26,28). The largest absolute Gasteiger partial charge is 0.444 e. The topological polar surface area (TPSA) is 148 Å². The maximum absolute atomic E-state index is 13.2. The van der Waals surface area contributed by atoms with E-state index in [1.54, 1.807) is 11.1 Å². The van der Waals surface area contributed by atoms with Gasteiger partial charge in [0.15, 0.2) is 0 Å². The molecule has 3 N–H and O–H groups in total. The molecule has 0 saturated carbocycles. The smallest absolute Gasteiger partial charge is 0.410 e. The molecule has 0 radical (unpaired) electrons. The van der Waals surface area contributed by atoms with Crippen LogP contribution in [0.4, 0.5) is 4.79 Å². The number of rotatable bonds is 1. The molecule has 0 bridgehead atoms. The van der Waals surface area contributed by atoms with Crippen LogP contribution in [0.1, 0.15) is 75.1 Å². The number of nitrogens with zero attached hydrogens (tertiary/aromatic N) is 6. The lowest BCUT2D eigenvalue weighted by atomic mass is 9.80. The molecule has 5 aromatic rings. The summed E-state index contributed by atoms with van der Waals surface area (Å²) >= 11 is 6.17. The second-order valence-corrected chi connectivity index (χ2v) is 18.2. The number of aryl methyl sites for hydroxylation is 2. The fourth-order valence-electron chi connectivity index (χ4n) is 10.00. The summed E-state index contributed by atoms with van der Waals surface area (Å²) in [5, 5.41) is 10.2. The number of ether oxygens (including phenoxy) is 1. The molecule has 3 amide bonds. The number of likely N-dealkylation sites (tertiary alicyclic amines) is 1. The number of carbonyl (C=O) groups is 3. The maximum Gasteiger partial charge on any atom is 0.410 e. The minimum Gasteiger partial charge on any atom is -0.444 e. The maximum atomic E-state index is 13.2. The van der Waals surface area contributed by atoms with Crippen LogP contribution in [0.25, 0.3) is 33.8 Å². The van der Waals surface area contributed by atoms with Gasteiger partial charge < -0.3 is 34.7 Å². The van der Waals surface area contributed by atoms with Crippen LogP contribution in [0.2, 0.25) is 5.15 Å². The molecule has 4 aliphatic heterocycles. The van der Waals surface area contributed by atoms with E-state index in [9.17, 15) is 14.4 Å². The molecule has 0 unspecified atom stereocenters. The summed E-state index contributed by atoms with van der Waals surface area (Å²) in [6.07, 6.45) is 12.1. The molecular formula is C44H46ClN9O4.